The quantitative estimate of drug-likeness (QED) is 0.526. The summed E-state index contributed by atoms with van der Waals surface area (Å²) >= 11 is 0. The number of hydrogen-bond acceptors (Lipinski definition) is 5. The molecule has 0 fully saturated rings. The molecule has 0 aliphatic rings. The Morgan fingerprint density at radius 1 is 1.07 bits per heavy atom. The van der Waals surface area contributed by atoms with Crippen LogP contribution in [0.2, 0.25) is 0 Å². The van der Waals surface area contributed by atoms with Crippen molar-refractivity contribution in [1.82, 2.24) is 10.7 Å². The molecule has 0 saturated heterocycles. The zero-order valence-electron chi connectivity index (χ0n) is 16.7. The summed E-state index contributed by atoms with van der Waals surface area (Å²) < 4.78 is 23.6. The van der Waals surface area contributed by atoms with Crippen molar-refractivity contribution >= 4 is 18.0 Å². The Morgan fingerprint density at radius 2 is 1.76 bits per heavy atom. The molecule has 154 valence electrons. The Labute approximate surface area is 168 Å². The second kappa shape index (κ2) is 10.2. The van der Waals surface area contributed by atoms with Crippen molar-refractivity contribution in [3.63, 3.8) is 0 Å². The van der Waals surface area contributed by atoms with E-state index in [1.807, 2.05) is 0 Å². The van der Waals surface area contributed by atoms with E-state index < -0.39 is 23.7 Å². The molecular formula is C21H24FN3O4. The van der Waals surface area contributed by atoms with Gasteiger partial charge in [0, 0.05) is 11.1 Å². The molecule has 0 radical (unpaired) electrons. The van der Waals surface area contributed by atoms with Gasteiger partial charge in [0.2, 0.25) is 0 Å². The largest absolute Gasteiger partial charge is 0.493 e. The third kappa shape index (κ3) is 5.78. The van der Waals surface area contributed by atoms with Gasteiger partial charge in [-0.2, -0.15) is 5.10 Å². The van der Waals surface area contributed by atoms with Crippen LogP contribution in [-0.4, -0.2) is 38.3 Å². The van der Waals surface area contributed by atoms with E-state index in [0.717, 1.165) is 0 Å². The Hall–Kier alpha value is -3.42. The fourth-order valence-corrected chi connectivity index (χ4v) is 2.61. The van der Waals surface area contributed by atoms with Gasteiger partial charge in [0.1, 0.15) is 11.9 Å². The van der Waals surface area contributed by atoms with Crippen molar-refractivity contribution in [3.8, 4) is 11.5 Å². The zero-order valence-corrected chi connectivity index (χ0v) is 16.7. The molecule has 0 aliphatic carbocycles. The number of rotatable bonds is 8. The van der Waals surface area contributed by atoms with Crippen LogP contribution in [0.5, 0.6) is 11.5 Å². The summed E-state index contributed by atoms with van der Waals surface area (Å²) in [6.07, 6.45) is 1.43. The van der Waals surface area contributed by atoms with Crippen LogP contribution in [0.1, 0.15) is 29.8 Å². The van der Waals surface area contributed by atoms with E-state index in [9.17, 15) is 14.0 Å². The summed E-state index contributed by atoms with van der Waals surface area (Å²) in [6.45, 7) is 3.59. The van der Waals surface area contributed by atoms with E-state index in [4.69, 9.17) is 9.47 Å². The lowest BCUT2D eigenvalue weighted by Gasteiger charge is -2.20. The molecule has 0 bridgehead atoms. The molecule has 2 N–H and O–H groups in total. The van der Waals surface area contributed by atoms with E-state index in [1.54, 1.807) is 32.0 Å². The first-order chi connectivity index (χ1) is 13.9. The third-order valence-electron chi connectivity index (χ3n) is 4.15. The Kier molecular flexibility index (Phi) is 7.70. The highest BCUT2D eigenvalue weighted by Crippen LogP contribution is 2.29. The summed E-state index contributed by atoms with van der Waals surface area (Å²) in [6, 6.07) is 9.53. The molecule has 29 heavy (non-hydrogen) atoms. The molecule has 0 aromatic heterocycles. The van der Waals surface area contributed by atoms with Crippen LogP contribution >= 0.6 is 0 Å². The standard InChI is InChI=1S/C21H24FN3O4/c1-13(2)18(24-20(26)14-8-10-16(22)11-9-14)21(27)25-23-12-15-6-5-7-17(28-3)19(15)29-4/h5-13,18H,1-4H3,(H,24,26)(H,25,27)/b23-12+. The number of benzene rings is 2. The second-order valence-corrected chi connectivity index (χ2v) is 6.52. The van der Waals surface area contributed by atoms with Crippen molar-refractivity contribution in [2.24, 2.45) is 11.0 Å². The molecule has 2 amide bonds. The molecule has 0 spiro atoms. The molecule has 1 unspecified atom stereocenters. The van der Waals surface area contributed by atoms with Gasteiger partial charge in [-0.1, -0.05) is 19.9 Å². The molecule has 2 aromatic rings. The van der Waals surface area contributed by atoms with Gasteiger partial charge in [0.15, 0.2) is 11.5 Å². The van der Waals surface area contributed by atoms with Crippen molar-refractivity contribution in [2.45, 2.75) is 19.9 Å². The number of para-hydroxylation sites is 1. The van der Waals surface area contributed by atoms with Gasteiger partial charge in [-0.25, -0.2) is 9.82 Å². The predicted octanol–water partition coefficient (Wildman–Crippen LogP) is 2.75. The molecule has 0 aliphatic heterocycles. The van der Waals surface area contributed by atoms with Crippen LogP contribution in [0.25, 0.3) is 0 Å². The maximum atomic E-state index is 13.0. The fraction of sp³-hybridized carbons (Fsp3) is 0.286. The summed E-state index contributed by atoms with van der Waals surface area (Å²) in [4.78, 5) is 24.9. The van der Waals surface area contributed by atoms with Gasteiger partial charge in [-0.15, -0.1) is 0 Å². The zero-order chi connectivity index (χ0) is 21.4. The van der Waals surface area contributed by atoms with Gasteiger partial charge in [0.25, 0.3) is 11.8 Å². The highest BCUT2D eigenvalue weighted by Gasteiger charge is 2.24. The summed E-state index contributed by atoms with van der Waals surface area (Å²) in [7, 11) is 3.03. The van der Waals surface area contributed by atoms with Gasteiger partial charge < -0.3 is 14.8 Å². The number of amides is 2. The monoisotopic (exact) mass is 401 g/mol. The number of methoxy groups -OCH3 is 2. The fourth-order valence-electron chi connectivity index (χ4n) is 2.61. The number of hydrazone groups is 1. The number of carbonyl (C=O) groups excluding carboxylic acids is 2. The Balaban J connectivity index is 2.07. The van der Waals surface area contributed by atoms with Crippen LogP contribution in [0, 0.1) is 11.7 Å². The number of hydrogen-bond donors (Lipinski definition) is 2. The van der Waals surface area contributed by atoms with E-state index >= 15 is 0 Å². The van der Waals surface area contributed by atoms with Gasteiger partial charge >= 0.3 is 0 Å². The minimum atomic E-state index is -0.822. The average molecular weight is 401 g/mol. The smallest absolute Gasteiger partial charge is 0.262 e. The van der Waals surface area contributed by atoms with Crippen LogP contribution < -0.4 is 20.2 Å². The van der Waals surface area contributed by atoms with Gasteiger partial charge in [-0.05, 0) is 42.3 Å². The molecular weight excluding hydrogens is 377 g/mol. The number of nitrogens with zero attached hydrogens (tertiary/aromatic N) is 1. The minimum Gasteiger partial charge on any atom is -0.493 e. The Morgan fingerprint density at radius 3 is 2.34 bits per heavy atom. The molecule has 2 aromatic carbocycles. The molecule has 8 heteroatoms. The maximum absolute atomic E-state index is 13.0. The Bertz CT molecular complexity index is 882. The molecule has 0 heterocycles. The number of ether oxygens (including phenoxy) is 2. The van der Waals surface area contributed by atoms with E-state index in [0.29, 0.717) is 17.1 Å². The van der Waals surface area contributed by atoms with E-state index in [2.05, 4.69) is 15.8 Å². The van der Waals surface area contributed by atoms with Crippen molar-refractivity contribution in [2.75, 3.05) is 14.2 Å². The lowest BCUT2D eigenvalue weighted by atomic mass is 10.0. The van der Waals surface area contributed by atoms with E-state index in [1.165, 1.54) is 44.7 Å². The molecule has 7 nitrogen and oxygen atoms in total. The summed E-state index contributed by atoms with van der Waals surface area (Å²) in [5, 5.41) is 6.61. The lowest BCUT2D eigenvalue weighted by Crippen LogP contribution is -2.48. The van der Waals surface area contributed by atoms with Crippen molar-refractivity contribution in [1.29, 1.82) is 0 Å². The highest BCUT2D eigenvalue weighted by atomic mass is 19.1. The topological polar surface area (TPSA) is 89.0 Å². The van der Waals surface area contributed by atoms with Crippen molar-refractivity contribution in [3.05, 3.63) is 59.4 Å². The lowest BCUT2D eigenvalue weighted by molar-refractivity contribution is -0.123. The number of carbonyl (C=O) groups is 2. The maximum Gasteiger partial charge on any atom is 0.262 e. The first-order valence-corrected chi connectivity index (χ1v) is 8.97. The molecule has 2 rings (SSSR count). The van der Waals surface area contributed by atoms with Crippen molar-refractivity contribution < 1.29 is 23.5 Å². The normalized spacial score (nSPS) is 11.9. The number of halogens is 1. The second-order valence-electron chi connectivity index (χ2n) is 6.52. The first-order valence-electron chi connectivity index (χ1n) is 8.97. The third-order valence-corrected chi connectivity index (χ3v) is 4.15. The van der Waals surface area contributed by atoms with Crippen LogP contribution in [0.15, 0.2) is 47.6 Å². The SMILES string of the molecule is COc1cccc(/C=N/NC(=O)C(NC(=O)c2ccc(F)cc2)C(C)C)c1OC. The van der Waals surface area contributed by atoms with Crippen LogP contribution in [0.3, 0.4) is 0 Å². The first kappa shape index (κ1) is 21.9. The minimum absolute atomic E-state index is 0.194. The molecule has 0 saturated carbocycles. The van der Waals surface area contributed by atoms with Gasteiger partial charge in [0.05, 0.1) is 20.4 Å². The average Bonchev–Trinajstić information content (AvgIpc) is 2.71. The summed E-state index contributed by atoms with van der Waals surface area (Å²) in [5.41, 5.74) is 3.30. The van der Waals surface area contributed by atoms with E-state index in [-0.39, 0.29) is 11.5 Å². The number of nitrogens with one attached hydrogen (secondary N) is 2. The van der Waals surface area contributed by atoms with Crippen LogP contribution in [0.4, 0.5) is 4.39 Å². The summed E-state index contributed by atoms with van der Waals surface area (Å²) in [5.74, 6) is -0.568. The molecule has 1 atom stereocenters. The highest BCUT2D eigenvalue weighted by molar-refractivity contribution is 5.97. The van der Waals surface area contributed by atoms with Crippen LogP contribution in [-0.2, 0) is 4.79 Å². The predicted molar refractivity (Wildman–Crippen MR) is 108 cm³/mol. The van der Waals surface area contributed by atoms with Gasteiger partial charge in [-0.3, -0.25) is 9.59 Å².